The van der Waals surface area contributed by atoms with Gasteiger partial charge in [-0.1, -0.05) is 43.1 Å². The fourth-order valence-corrected chi connectivity index (χ4v) is 5.84. The van der Waals surface area contributed by atoms with Crippen molar-refractivity contribution >= 4 is 34.9 Å². The van der Waals surface area contributed by atoms with E-state index >= 15 is 0 Å². The van der Waals surface area contributed by atoms with Gasteiger partial charge in [0.1, 0.15) is 6.10 Å². The number of fused-ring (bicyclic) bond motifs is 1. The molecule has 5 nitrogen and oxygen atoms in total. The van der Waals surface area contributed by atoms with E-state index in [4.69, 9.17) is 32.7 Å². The average molecular weight is 464 g/mol. The molecular formula is C24H27Cl2NO4. The number of carbonyl (C=O) groups is 2. The number of Topliss-reactive ketones (excluding diaryl/α,β-unsaturated/α-hetero) is 1. The van der Waals surface area contributed by atoms with Crippen molar-refractivity contribution in [2.45, 2.75) is 57.8 Å². The molecule has 166 valence electrons. The second-order valence-corrected chi connectivity index (χ2v) is 10.3. The Morgan fingerprint density at radius 2 is 1.87 bits per heavy atom. The van der Waals surface area contributed by atoms with Crippen LogP contribution in [0.25, 0.3) is 0 Å². The monoisotopic (exact) mass is 463 g/mol. The lowest BCUT2D eigenvalue weighted by molar-refractivity contribution is -0.138. The van der Waals surface area contributed by atoms with Crippen molar-refractivity contribution in [3.8, 4) is 0 Å². The summed E-state index contributed by atoms with van der Waals surface area (Å²) in [5, 5.41) is 0.843. The summed E-state index contributed by atoms with van der Waals surface area (Å²) in [7, 11) is 0. The predicted molar refractivity (Wildman–Crippen MR) is 118 cm³/mol. The summed E-state index contributed by atoms with van der Waals surface area (Å²) >= 11 is 12.5. The van der Waals surface area contributed by atoms with E-state index in [1.54, 1.807) is 17.0 Å². The Hall–Kier alpha value is -1.56. The maximum atomic E-state index is 13.8. The van der Waals surface area contributed by atoms with E-state index in [1.807, 2.05) is 6.07 Å². The molecule has 0 bridgehead atoms. The Labute approximate surface area is 192 Å². The van der Waals surface area contributed by atoms with Crippen LogP contribution in [0.2, 0.25) is 10.0 Å². The van der Waals surface area contributed by atoms with Gasteiger partial charge >= 0.3 is 0 Å². The Morgan fingerprint density at radius 3 is 2.58 bits per heavy atom. The molecule has 1 saturated carbocycles. The number of amides is 1. The molecule has 0 radical (unpaired) electrons. The Kier molecular flexibility index (Phi) is 5.56. The zero-order valence-corrected chi connectivity index (χ0v) is 19.3. The van der Waals surface area contributed by atoms with Gasteiger partial charge in [-0.25, -0.2) is 0 Å². The van der Waals surface area contributed by atoms with Crippen molar-refractivity contribution in [1.82, 2.24) is 4.90 Å². The largest absolute Gasteiger partial charge is 0.483 e. The number of hydrogen-bond donors (Lipinski definition) is 0. The van der Waals surface area contributed by atoms with Crippen LogP contribution in [-0.2, 0) is 19.1 Å². The quantitative estimate of drug-likeness (QED) is 0.635. The standard InChI is InChI=1S/C24H27Cl2NO4/c1-12-8-16-19(9-13(12)2)31-23-20(22(16)28)21(14-5-6-17(25)18(26)10-14)27(24(23)29)11-15-4-3-7-30-15/h5-6,10,12-13,15-16,19,21H,3-4,7-9,11H2,1-2H3. The van der Waals surface area contributed by atoms with Gasteiger partial charge in [0.15, 0.2) is 11.5 Å². The van der Waals surface area contributed by atoms with E-state index in [9.17, 15) is 9.59 Å². The number of hydrogen-bond acceptors (Lipinski definition) is 4. The highest BCUT2D eigenvalue weighted by Crippen LogP contribution is 2.49. The van der Waals surface area contributed by atoms with Gasteiger partial charge in [-0.05, 0) is 55.2 Å². The summed E-state index contributed by atoms with van der Waals surface area (Å²) in [6.07, 6.45) is 3.20. The summed E-state index contributed by atoms with van der Waals surface area (Å²) < 4.78 is 12.1. The molecule has 7 heteroatoms. The predicted octanol–water partition coefficient (Wildman–Crippen LogP) is 4.96. The van der Waals surface area contributed by atoms with Gasteiger partial charge < -0.3 is 14.4 Å². The lowest BCUT2D eigenvalue weighted by Gasteiger charge is -2.40. The van der Waals surface area contributed by atoms with Crippen molar-refractivity contribution in [1.29, 1.82) is 0 Å². The number of carbonyl (C=O) groups excluding carboxylic acids is 2. The SMILES string of the molecule is CC1CC2OC3=C(C(=O)C2CC1C)C(c1ccc(Cl)c(Cl)c1)N(CC1CCCO1)C3=O. The minimum absolute atomic E-state index is 0.0343. The summed E-state index contributed by atoms with van der Waals surface area (Å²) in [5.74, 6) is 0.748. The molecule has 4 aliphatic rings. The maximum Gasteiger partial charge on any atom is 0.290 e. The van der Waals surface area contributed by atoms with E-state index in [0.29, 0.717) is 40.6 Å². The van der Waals surface area contributed by atoms with Crippen LogP contribution in [0.4, 0.5) is 0 Å². The first-order chi connectivity index (χ1) is 14.8. The topological polar surface area (TPSA) is 55.8 Å². The molecule has 1 saturated heterocycles. The normalized spacial score (nSPS) is 35.3. The second kappa shape index (κ2) is 8.09. The van der Waals surface area contributed by atoms with Gasteiger partial charge in [-0.15, -0.1) is 0 Å². The van der Waals surface area contributed by atoms with Crippen molar-refractivity contribution in [3.05, 3.63) is 45.1 Å². The summed E-state index contributed by atoms with van der Waals surface area (Å²) in [6.45, 7) is 5.51. The van der Waals surface area contributed by atoms with E-state index < -0.39 is 6.04 Å². The van der Waals surface area contributed by atoms with E-state index in [1.165, 1.54) is 0 Å². The van der Waals surface area contributed by atoms with Gasteiger partial charge in [-0.3, -0.25) is 9.59 Å². The number of ketones is 1. The van der Waals surface area contributed by atoms with Crippen molar-refractivity contribution in [3.63, 3.8) is 0 Å². The molecule has 6 atom stereocenters. The number of nitrogens with zero attached hydrogens (tertiary/aromatic N) is 1. The van der Waals surface area contributed by atoms with Crippen LogP contribution in [0.3, 0.4) is 0 Å². The molecule has 5 rings (SSSR count). The number of rotatable bonds is 3. The van der Waals surface area contributed by atoms with Crippen LogP contribution in [0.15, 0.2) is 29.5 Å². The molecule has 1 aromatic rings. The molecule has 1 amide bonds. The second-order valence-electron chi connectivity index (χ2n) is 9.46. The fraction of sp³-hybridized carbons (Fsp3) is 0.583. The highest BCUT2D eigenvalue weighted by Gasteiger charge is 2.53. The van der Waals surface area contributed by atoms with Gasteiger partial charge in [0.05, 0.1) is 33.7 Å². The van der Waals surface area contributed by atoms with Crippen molar-refractivity contribution < 1.29 is 19.1 Å². The summed E-state index contributed by atoms with van der Waals surface area (Å²) in [6, 6.07) is 4.79. The fourth-order valence-electron chi connectivity index (χ4n) is 5.53. The smallest absolute Gasteiger partial charge is 0.290 e. The van der Waals surface area contributed by atoms with E-state index in [-0.39, 0.29) is 35.6 Å². The molecule has 1 aliphatic carbocycles. The van der Waals surface area contributed by atoms with Crippen LogP contribution in [0, 0.1) is 17.8 Å². The lowest BCUT2D eigenvalue weighted by Crippen LogP contribution is -2.43. The van der Waals surface area contributed by atoms with Crippen LogP contribution in [0.1, 0.15) is 51.1 Å². The summed E-state index contributed by atoms with van der Waals surface area (Å²) in [4.78, 5) is 29.0. The van der Waals surface area contributed by atoms with E-state index in [0.717, 1.165) is 31.2 Å². The zero-order valence-electron chi connectivity index (χ0n) is 17.8. The molecule has 0 spiro atoms. The molecule has 0 aromatic heterocycles. The van der Waals surface area contributed by atoms with Crippen LogP contribution < -0.4 is 0 Å². The minimum Gasteiger partial charge on any atom is -0.483 e. The third-order valence-electron chi connectivity index (χ3n) is 7.49. The highest BCUT2D eigenvalue weighted by molar-refractivity contribution is 6.42. The summed E-state index contributed by atoms with van der Waals surface area (Å²) in [5.41, 5.74) is 1.25. The lowest BCUT2D eigenvalue weighted by atomic mass is 9.70. The maximum absolute atomic E-state index is 13.8. The molecule has 6 unspecified atom stereocenters. The molecular weight excluding hydrogens is 437 g/mol. The first kappa shape index (κ1) is 21.3. The van der Waals surface area contributed by atoms with Crippen molar-refractivity contribution in [2.24, 2.45) is 17.8 Å². The molecule has 1 aromatic carbocycles. The van der Waals surface area contributed by atoms with E-state index in [2.05, 4.69) is 13.8 Å². The molecule has 31 heavy (non-hydrogen) atoms. The van der Waals surface area contributed by atoms with Crippen LogP contribution in [-0.4, -0.2) is 41.9 Å². The van der Waals surface area contributed by atoms with Gasteiger partial charge in [0.25, 0.3) is 5.91 Å². The number of halogens is 2. The Balaban J connectivity index is 1.56. The third-order valence-corrected chi connectivity index (χ3v) is 8.23. The van der Waals surface area contributed by atoms with Crippen LogP contribution >= 0.6 is 23.2 Å². The number of benzene rings is 1. The van der Waals surface area contributed by atoms with Crippen LogP contribution in [0.5, 0.6) is 0 Å². The zero-order chi connectivity index (χ0) is 21.9. The molecule has 3 aliphatic heterocycles. The highest BCUT2D eigenvalue weighted by atomic mass is 35.5. The Bertz CT molecular complexity index is 955. The van der Waals surface area contributed by atoms with Gasteiger partial charge in [0, 0.05) is 13.2 Å². The van der Waals surface area contributed by atoms with Gasteiger partial charge in [-0.2, -0.15) is 0 Å². The first-order valence-electron chi connectivity index (χ1n) is 11.2. The third kappa shape index (κ3) is 3.59. The Morgan fingerprint density at radius 1 is 1.10 bits per heavy atom. The van der Waals surface area contributed by atoms with Crippen molar-refractivity contribution in [2.75, 3.05) is 13.2 Å². The van der Waals surface area contributed by atoms with Gasteiger partial charge in [0.2, 0.25) is 0 Å². The molecule has 3 heterocycles. The first-order valence-corrected chi connectivity index (χ1v) is 11.9. The molecule has 0 N–H and O–H groups in total. The molecule has 2 fully saturated rings. The minimum atomic E-state index is -0.524. The average Bonchev–Trinajstić information content (AvgIpc) is 3.34. The number of ether oxygens (including phenoxy) is 2.